The minimum absolute atomic E-state index is 0.0966. The Labute approximate surface area is 137 Å². The standard InChI is InChI=1S/C18H24N2O3/c1-17(2)8-13-9-18(3,11-17)12-20(13)15(21)10-23-16(22)14-6-4-5-7-19-14/h4-7,13H,8-12H2,1-3H3/t13-,18-/m1/s1. The van der Waals surface area contributed by atoms with Crippen molar-refractivity contribution in [3.63, 3.8) is 0 Å². The van der Waals surface area contributed by atoms with Gasteiger partial charge in [-0.15, -0.1) is 0 Å². The van der Waals surface area contributed by atoms with Gasteiger partial charge in [-0.3, -0.25) is 4.79 Å². The zero-order valence-electron chi connectivity index (χ0n) is 14.0. The van der Waals surface area contributed by atoms with Gasteiger partial charge in [0.15, 0.2) is 6.61 Å². The van der Waals surface area contributed by atoms with Gasteiger partial charge in [0.1, 0.15) is 5.69 Å². The molecule has 124 valence electrons. The third-order valence-corrected chi connectivity index (χ3v) is 4.94. The topological polar surface area (TPSA) is 59.5 Å². The Morgan fingerprint density at radius 1 is 1.30 bits per heavy atom. The summed E-state index contributed by atoms with van der Waals surface area (Å²) in [6.07, 6.45) is 4.73. The summed E-state index contributed by atoms with van der Waals surface area (Å²) in [5.41, 5.74) is 0.679. The number of hydrogen-bond acceptors (Lipinski definition) is 4. The SMILES string of the molecule is CC1(C)C[C@@H]2C[C@@](C)(CN2C(=O)COC(=O)c2ccccn2)C1. The molecule has 0 unspecified atom stereocenters. The van der Waals surface area contributed by atoms with Gasteiger partial charge < -0.3 is 9.64 Å². The van der Waals surface area contributed by atoms with Gasteiger partial charge >= 0.3 is 5.97 Å². The van der Waals surface area contributed by atoms with Crippen molar-refractivity contribution >= 4 is 11.9 Å². The quantitative estimate of drug-likeness (QED) is 0.804. The lowest BCUT2D eigenvalue weighted by molar-refractivity contribution is -0.135. The third kappa shape index (κ3) is 3.38. The number of nitrogens with zero attached hydrogens (tertiary/aromatic N) is 2. The van der Waals surface area contributed by atoms with E-state index in [-0.39, 0.29) is 35.1 Å². The molecule has 1 amide bonds. The van der Waals surface area contributed by atoms with E-state index in [1.165, 1.54) is 6.20 Å². The van der Waals surface area contributed by atoms with E-state index in [4.69, 9.17) is 4.74 Å². The van der Waals surface area contributed by atoms with Gasteiger partial charge in [0.25, 0.3) is 5.91 Å². The molecule has 1 aromatic heterocycles. The Kier molecular flexibility index (Phi) is 3.90. The highest BCUT2D eigenvalue weighted by Gasteiger charge is 2.50. The molecule has 0 spiro atoms. The summed E-state index contributed by atoms with van der Waals surface area (Å²) < 4.78 is 5.14. The molecule has 2 fully saturated rings. The van der Waals surface area contributed by atoms with Gasteiger partial charge in [-0.05, 0) is 42.2 Å². The summed E-state index contributed by atoms with van der Waals surface area (Å²) in [5.74, 6) is -0.645. The number of amides is 1. The van der Waals surface area contributed by atoms with Crippen molar-refractivity contribution in [3.8, 4) is 0 Å². The molecule has 2 bridgehead atoms. The van der Waals surface area contributed by atoms with Crippen LogP contribution in [0.4, 0.5) is 0 Å². The van der Waals surface area contributed by atoms with Crippen LogP contribution in [-0.4, -0.2) is 41.0 Å². The molecule has 0 aromatic carbocycles. The molecular formula is C18H24N2O3. The zero-order valence-corrected chi connectivity index (χ0v) is 14.0. The predicted molar refractivity (Wildman–Crippen MR) is 85.8 cm³/mol. The summed E-state index contributed by atoms with van der Waals surface area (Å²) >= 11 is 0. The smallest absolute Gasteiger partial charge is 0.357 e. The van der Waals surface area contributed by atoms with Crippen molar-refractivity contribution in [1.82, 2.24) is 9.88 Å². The molecule has 2 aliphatic rings. The first-order chi connectivity index (χ1) is 10.8. The van der Waals surface area contributed by atoms with Crippen molar-refractivity contribution in [2.75, 3.05) is 13.2 Å². The molecule has 1 aliphatic carbocycles. The second kappa shape index (κ2) is 5.62. The summed E-state index contributed by atoms with van der Waals surface area (Å²) in [4.78, 5) is 30.3. The largest absolute Gasteiger partial charge is 0.451 e. The first-order valence-electron chi connectivity index (χ1n) is 8.16. The average molecular weight is 316 g/mol. The fourth-order valence-electron chi connectivity index (χ4n) is 4.52. The van der Waals surface area contributed by atoms with Crippen molar-refractivity contribution in [2.45, 2.75) is 46.1 Å². The van der Waals surface area contributed by atoms with E-state index in [1.54, 1.807) is 18.2 Å². The minimum atomic E-state index is -0.548. The molecule has 1 aromatic rings. The van der Waals surface area contributed by atoms with Crippen LogP contribution in [0.3, 0.4) is 0 Å². The van der Waals surface area contributed by atoms with Gasteiger partial charge in [0.05, 0.1) is 0 Å². The van der Waals surface area contributed by atoms with Gasteiger partial charge in [0.2, 0.25) is 0 Å². The lowest BCUT2D eigenvalue weighted by atomic mass is 9.65. The van der Waals surface area contributed by atoms with Crippen molar-refractivity contribution in [2.24, 2.45) is 10.8 Å². The van der Waals surface area contributed by atoms with E-state index < -0.39 is 5.97 Å². The van der Waals surface area contributed by atoms with Gasteiger partial charge in [-0.2, -0.15) is 0 Å². The number of ether oxygens (including phenoxy) is 1. The van der Waals surface area contributed by atoms with Crippen LogP contribution in [0.2, 0.25) is 0 Å². The van der Waals surface area contributed by atoms with Crippen LogP contribution in [0.15, 0.2) is 24.4 Å². The van der Waals surface area contributed by atoms with E-state index in [1.807, 2.05) is 4.90 Å². The average Bonchev–Trinajstić information content (AvgIpc) is 2.74. The summed E-state index contributed by atoms with van der Waals surface area (Å²) in [6, 6.07) is 5.30. The Morgan fingerprint density at radius 2 is 2.09 bits per heavy atom. The molecule has 1 saturated carbocycles. The lowest BCUT2D eigenvalue weighted by Gasteiger charge is -2.39. The number of carbonyl (C=O) groups excluding carboxylic acids is 2. The molecule has 5 nitrogen and oxygen atoms in total. The van der Waals surface area contributed by atoms with Crippen molar-refractivity contribution < 1.29 is 14.3 Å². The predicted octanol–water partition coefficient (Wildman–Crippen LogP) is 2.67. The molecule has 5 heteroatoms. The molecule has 2 heterocycles. The maximum Gasteiger partial charge on any atom is 0.357 e. The van der Waals surface area contributed by atoms with Gasteiger partial charge in [-0.25, -0.2) is 9.78 Å². The Hall–Kier alpha value is -1.91. The summed E-state index contributed by atoms with van der Waals surface area (Å²) in [6.45, 7) is 7.36. The highest BCUT2D eigenvalue weighted by atomic mass is 16.5. The Morgan fingerprint density at radius 3 is 2.78 bits per heavy atom. The monoisotopic (exact) mass is 316 g/mol. The molecule has 3 rings (SSSR count). The maximum absolute atomic E-state index is 12.5. The number of hydrogen-bond donors (Lipinski definition) is 0. The van der Waals surface area contributed by atoms with Crippen LogP contribution in [0.25, 0.3) is 0 Å². The number of pyridine rings is 1. The Balaban J connectivity index is 1.60. The van der Waals surface area contributed by atoms with E-state index in [2.05, 4.69) is 25.8 Å². The second-order valence-electron chi connectivity index (χ2n) is 8.03. The van der Waals surface area contributed by atoms with Crippen LogP contribution < -0.4 is 0 Å². The number of carbonyl (C=O) groups is 2. The van der Waals surface area contributed by atoms with E-state index in [0.717, 1.165) is 25.8 Å². The molecule has 0 radical (unpaired) electrons. The summed E-state index contributed by atoms with van der Waals surface area (Å²) in [5, 5.41) is 0. The molecule has 1 saturated heterocycles. The maximum atomic E-state index is 12.5. The van der Waals surface area contributed by atoms with Crippen LogP contribution in [0.1, 0.15) is 50.5 Å². The molecular weight excluding hydrogens is 292 g/mol. The first-order valence-corrected chi connectivity index (χ1v) is 8.16. The highest BCUT2D eigenvalue weighted by Crippen LogP contribution is 2.52. The fourth-order valence-corrected chi connectivity index (χ4v) is 4.52. The van der Waals surface area contributed by atoms with Crippen LogP contribution in [-0.2, 0) is 9.53 Å². The second-order valence-corrected chi connectivity index (χ2v) is 8.03. The lowest BCUT2D eigenvalue weighted by Crippen LogP contribution is -2.39. The summed E-state index contributed by atoms with van der Waals surface area (Å²) in [7, 11) is 0. The number of aromatic nitrogens is 1. The fraction of sp³-hybridized carbons (Fsp3) is 0.611. The highest BCUT2D eigenvalue weighted by molar-refractivity contribution is 5.89. The first kappa shape index (κ1) is 16.0. The van der Waals surface area contributed by atoms with Crippen LogP contribution in [0, 0.1) is 10.8 Å². The molecule has 1 aliphatic heterocycles. The minimum Gasteiger partial charge on any atom is -0.451 e. The van der Waals surface area contributed by atoms with Gasteiger partial charge in [0, 0.05) is 18.8 Å². The molecule has 0 N–H and O–H groups in total. The molecule has 2 atom stereocenters. The van der Waals surface area contributed by atoms with Crippen molar-refractivity contribution in [1.29, 1.82) is 0 Å². The van der Waals surface area contributed by atoms with Crippen LogP contribution in [0.5, 0.6) is 0 Å². The molecule has 23 heavy (non-hydrogen) atoms. The van der Waals surface area contributed by atoms with Crippen LogP contribution >= 0.6 is 0 Å². The number of fused-ring (bicyclic) bond motifs is 2. The zero-order chi connectivity index (χ0) is 16.7. The van der Waals surface area contributed by atoms with E-state index in [0.29, 0.717) is 0 Å². The van der Waals surface area contributed by atoms with Crippen molar-refractivity contribution in [3.05, 3.63) is 30.1 Å². The number of rotatable bonds is 3. The Bertz CT molecular complexity index is 614. The number of likely N-dealkylation sites (tertiary alicyclic amines) is 1. The van der Waals surface area contributed by atoms with E-state index in [9.17, 15) is 9.59 Å². The third-order valence-electron chi connectivity index (χ3n) is 4.94. The van der Waals surface area contributed by atoms with Gasteiger partial charge in [-0.1, -0.05) is 26.8 Å². The number of esters is 1. The van der Waals surface area contributed by atoms with E-state index >= 15 is 0 Å². The normalized spacial score (nSPS) is 28.5.